The highest BCUT2D eigenvalue weighted by atomic mass is 32.2. The Morgan fingerprint density at radius 1 is 1.30 bits per heavy atom. The third kappa shape index (κ3) is 2.88. The molecule has 1 aromatic carbocycles. The number of rotatable bonds is 3. The van der Waals surface area contributed by atoms with Gasteiger partial charge in [0.15, 0.2) is 0 Å². The zero-order chi connectivity index (χ0) is 14.9. The first-order valence-electron chi connectivity index (χ1n) is 6.39. The Morgan fingerprint density at radius 3 is 2.45 bits per heavy atom. The molecule has 0 fully saturated rings. The second-order valence-electron chi connectivity index (χ2n) is 5.08. The summed E-state index contributed by atoms with van der Waals surface area (Å²) >= 11 is 0. The topological polar surface area (TPSA) is 46.6 Å². The van der Waals surface area contributed by atoms with Crippen LogP contribution in [-0.4, -0.2) is 25.4 Å². The van der Waals surface area contributed by atoms with Gasteiger partial charge < -0.3 is 4.74 Å². The van der Waals surface area contributed by atoms with Crippen molar-refractivity contribution in [2.24, 2.45) is 0 Å². The number of sulfonamides is 1. The smallest absolute Gasteiger partial charge is 0.264 e. The van der Waals surface area contributed by atoms with Crippen molar-refractivity contribution in [2.45, 2.75) is 31.8 Å². The number of hydrogen-bond donors (Lipinski definition) is 0. The molecule has 0 N–H and O–H groups in total. The minimum atomic E-state index is -3.54. The summed E-state index contributed by atoms with van der Waals surface area (Å²) in [4.78, 5) is 0.287. The highest BCUT2D eigenvalue weighted by Crippen LogP contribution is 2.24. The average molecular weight is 293 g/mol. The Kier molecular flexibility index (Phi) is 3.90. The SMILES string of the molecule is C=C(C)C1CN(S(=O)(=O)c2ccc(C)cc2)C=C(C)O1. The van der Waals surface area contributed by atoms with E-state index in [1.165, 1.54) is 10.5 Å². The van der Waals surface area contributed by atoms with E-state index in [0.29, 0.717) is 5.76 Å². The fraction of sp³-hybridized carbons (Fsp3) is 0.333. The Hall–Kier alpha value is -1.75. The van der Waals surface area contributed by atoms with Gasteiger partial charge >= 0.3 is 0 Å². The van der Waals surface area contributed by atoms with Crippen molar-refractivity contribution in [3.8, 4) is 0 Å². The van der Waals surface area contributed by atoms with Crippen molar-refractivity contribution in [3.05, 3.63) is 53.9 Å². The summed E-state index contributed by atoms with van der Waals surface area (Å²) in [5.41, 5.74) is 1.83. The van der Waals surface area contributed by atoms with Crippen molar-refractivity contribution in [1.82, 2.24) is 4.31 Å². The summed E-state index contributed by atoms with van der Waals surface area (Å²) in [6.45, 7) is 9.59. The molecule has 0 saturated carbocycles. The van der Waals surface area contributed by atoms with Crippen LogP contribution in [0.3, 0.4) is 0 Å². The predicted molar refractivity (Wildman–Crippen MR) is 78.5 cm³/mol. The van der Waals surface area contributed by atoms with Gasteiger partial charge in [-0.3, -0.25) is 4.31 Å². The van der Waals surface area contributed by atoms with E-state index in [0.717, 1.165) is 11.1 Å². The summed E-state index contributed by atoms with van der Waals surface area (Å²) in [6, 6.07) is 6.83. The van der Waals surface area contributed by atoms with Crippen LogP contribution in [0.2, 0.25) is 0 Å². The lowest BCUT2D eigenvalue weighted by atomic mass is 10.2. The van der Waals surface area contributed by atoms with Crippen LogP contribution >= 0.6 is 0 Å². The molecule has 2 rings (SSSR count). The summed E-state index contributed by atoms with van der Waals surface area (Å²) in [5, 5.41) is 0. The molecule has 20 heavy (non-hydrogen) atoms. The minimum Gasteiger partial charge on any atom is -0.487 e. The van der Waals surface area contributed by atoms with E-state index in [4.69, 9.17) is 4.74 Å². The molecule has 0 bridgehead atoms. The van der Waals surface area contributed by atoms with E-state index < -0.39 is 10.0 Å². The quantitative estimate of drug-likeness (QED) is 0.805. The molecular formula is C15H19NO3S. The van der Waals surface area contributed by atoms with Crippen molar-refractivity contribution >= 4 is 10.0 Å². The first-order chi connectivity index (χ1) is 9.30. The fourth-order valence-corrected chi connectivity index (χ4v) is 3.35. The molecule has 1 aliphatic rings. The molecule has 0 saturated heterocycles. The van der Waals surface area contributed by atoms with Crippen molar-refractivity contribution in [3.63, 3.8) is 0 Å². The molecule has 0 aromatic heterocycles. The van der Waals surface area contributed by atoms with Gasteiger partial charge in [0, 0.05) is 0 Å². The lowest BCUT2D eigenvalue weighted by molar-refractivity contribution is 0.110. The van der Waals surface area contributed by atoms with E-state index >= 15 is 0 Å². The Bertz CT molecular complexity index is 644. The van der Waals surface area contributed by atoms with E-state index in [2.05, 4.69) is 6.58 Å². The Labute approximate surface area is 120 Å². The van der Waals surface area contributed by atoms with Gasteiger partial charge in [0.25, 0.3) is 10.0 Å². The van der Waals surface area contributed by atoms with Crippen LogP contribution in [0.1, 0.15) is 19.4 Å². The standard InChI is InChI=1S/C15H19NO3S/c1-11(2)15-10-16(9-13(4)19-15)20(17,18)14-7-5-12(3)6-8-14/h5-9,15H,1,10H2,2-4H3. The van der Waals surface area contributed by atoms with Gasteiger partial charge in [-0.25, -0.2) is 8.42 Å². The van der Waals surface area contributed by atoms with Gasteiger partial charge in [0.05, 0.1) is 17.6 Å². The normalized spacial score (nSPS) is 19.2. The van der Waals surface area contributed by atoms with Crippen LogP contribution in [0.25, 0.3) is 0 Å². The first kappa shape index (κ1) is 14.7. The van der Waals surface area contributed by atoms with Crippen LogP contribution in [0.5, 0.6) is 0 Å². The van der Waals surface area contributed by atoms with Gasteiger partial charge in [0.2, 0.25) is 0 Å². The van der Waals surface area contributed by atoms with Gasteiger partial charge in [-0.2, -0.15) is 0 Å². The number of ether oxygens (including phenoxy) is 1. The maximum Gasteiger partial charge on any atom is 0.264 e. The second kappa shape index (κ2) is 5.32. The van der Waals surface area contributed by atoms with Crippen LogP contribution in [0, 0.1) is 6.92 Å². The lowest BCUT2D eigenvalue weighted by Gasteiger charge is -2.32. The maximum atomic E-state index is 12.6. The molecule has 0 radical (unpaired) electrons. The zero-order valence-corrected chi connectivity index (χ0v) is 12.8. The van der Waals surface area contributed by atoms with Gasteiger partial charge in [-0.15, -0.1) is 0 Å². The summed E-state index contributed by atoms with van der Waals surface area (Å²) in [5.74, 6) is 0.569. The maximum absolute atomic E-state index is 12.6. The first-order valence-corrected chi connectivity index (χ1v) is 7.83. The van der Waals surface area contributed by atoms with Crippen LogP contribution in [0.15, 0.2) is 53.3 Å². The molecule has 5 heteroatoms. The van der Waals surface area contributed by atoms with E-state index in [-0.39, 0.29) is 17.5 Å². The van der Waals surface area contributed by atoms with E-state index in [9.17, 15) is 8.42 Å². The molecule has 1 aromatic rings. The monoisotopic (exact) mass is 293 g/mol. The minimum absolute atomic E-state index is 0.253. The molecule has 108 valence electrons. The molecule has 1 aliphatic heterocycles. The third-order valence-electron chi connectivity index (χ3n) is 3.18. The van der Waals surface area contributed by atoms with Crippen molar-refractivity contribution in [1.29, 1.82) is 0 Å². The molecule has 0 spiro atoms. The van der Waals surface area contributed by atoms with Gasteiger partial charge in [-0.05, 0) is 38.5 Å². The predicted octanol–water partition coefficient (Wildman–Crippen LogP) is 2.82. The number of allylic oxidation sites excluding steroid dienone is 1. The third-order valence-corrected chi connectivity index (χ3v) is 4.92. The molecule has 0 amide bonds. The summed E-state index contributed by atoms with van der Waals surface area (Å²) < 4.78 is 32.1. The van der Waals surface area contributed by atoms with Gasteiger partial charge in [0.1, 0.15) is 11.9 Å². The number of benzene rings is 1. The lowest BCUT2D eigenvalue weighted by Crippen LogP contribution is -2.38. The molecular weight excluding hydrogens is 274 g/mol. The van der Waals surface area contributed by atoms with E-state index in [1.807, 2.05) is 13.8 Å². The number of aryl methyl sites for hydroxylation is 1. The van der Waals surface area contributed by atoms with Crippen molar-refractivity contribution in [2.75, 3.05) is 6.54 Å². The van der Waals surface area contributed by atoms with Crippen LogP contribution < -0.4 is 0 Å². The fourth-order valence-electron chi connectivity index (χ4n) is 1.98. The highest BCUT2D eigenvalue weighted by Gasteiger charge is 2.29. The average Bonchev–Trinajstić information content (AvgIpc) is 2.38. The van der Waals surface area contributed by atoms with Crippen LogP contribution in [0.4, 0.5) is 0 Å². The second-order valence-corrected chi connectivity index (χ2v) is 6.97. The number of hydrogen-bond acceptors (Lipinski definition) is 3. The van der Waals surface area contributed by atoms with Crippen LogP contribution in [-0.2, 0) is 14.8 Å². The largest absolute Gasteiger partial charge is 0.487 e. The molecule has 1 heterocycles. The summed E-state index contributed by atoms with van der Waals surface area (Å²) in [7, 11) is -3.54. The number of nitrogens with zero attached hydrogens (tertiary/aromatic N) is 1. The summed E-state index contributed by atoms with van der Waals surface area (Å²) in [6.07, 6.45) is 1.22. The molecule has 0 aliphatic carbocycles. The Morgan fingerprint density at radius 2 is 1.90 bits per heavy atom. The molecule has 1 atom stereocenters. The highest BCUT2D eigenvalue weighted by molar-refractivity contribution is 7.89. The van der Waals surface area contributed by atoms with Gasteiger partial charge in [-0.1, -0.05) is 24.3 Å². The molecule has 1 unspecified atom stereocenters. The molecule has 4 nitrogen and oxygen atoms in total. The van der Waals surface area contributed by atoms with E-state index in [1.54, 1.807) is 31.2 Å². The zero-order valence-electron chi connectivity index (χ0n) is 12.0. The Balaban J connectivity index is 2.36. The van der Waals surface area contributed by atoms with Crippen molar-refractivity contribution < 1.29 is 13.2 Å².